The molecule has 1 aliphatic rings. The van der Waals surface area contributed by atoms with Crippen molar-refractivity contribution in [3.05, 3.63) is 35.9 Å². The Kier molecular flexibility index (Phi) is 8.67. The van der Waals surface area contributed by atoms with Gasteiger partial charge in [0, 0.05) is 19.1 Å². The SMILES string of the molecule is CCOP(=O)(CCCCc1ccccc1)CC(=O)N1CC(O)C[C@H]1C(=O)OC. The molecule has 0 spiro atoms. The molecule has 1 heterocycles. The van der Waals surface area contributed by atoms with Gasteiger partial charge in [0.25, 0.3) is 0 Å². The van der Waals surface area contributed by atoms with Crippen LogP contribution in [0.5, 0.6) is 0 Å². The van der Waals surface area contributed by atoms with Crippen LogP contribution >= 0.6 is 7.37 Å². The zero-order valence-electron chi connectivity index (χ0n) is 16.6. The highest BCUT2D eigenvalue weighted by atomic mass is 31.2. The maximum atomic E-state index is 13.2. The number of aryl methyl sites for hydroxylation is 1. The van der Waals surface area contributed by atoms with Crippen LogP contribution in [0, 0.1) is 0 Å². The third-order valence-corrected chi connectivity index (χ3v) is 7.35. The lowest BCUT2D eigenvalue weighted by Crippen LogP contribution is -2.42. The maximum absolute atomic E-state index is 13.2. The molecule has 7 nitrogen and oxygen atoms in total. The van der Waals surface area contributed by atoms with E-state index < -0.39 is 31.4 Å². The summed E-state index contributed by atoms with van der Waals surface area (Å²) in [5, 5.41) is 9.84. The van der Waals surface area contributed by atoms with E-state index in [-0.39, 0.29) is 25.7 Å². The minimum absolute atomic E-state index is 0.0404. The Morgan fingerprint density at radius 2 is 1.96 bits per heavy atom. The van der Waals surface area contributed by atoms with Crippen LogP contribution in [0.2, 0.25) is 0 Å². The molecule has 0 aliphatic carbocycles. The molecule has 0 saturated carbocycles. The van der Waals surface area contributed by atoms with Gasteiger partial charge in [0.1, 0.15) is 12.2 Å². The first-order valence-corrected chi connectivity index (χ1v) is 11.7. The number of carbonyl (C=O) groups excluding carboxylic acids is 2. The minimum atomic E-state index is -3.16. The van der Waals surface area contributed by atoms with Crippen molar-refractivity contribution < 1.29 is 28.5 Å². The lowest BCUT2D eigenvalue weighted by atomic mass is 10.1. The minimum Gasteiger partial charge on any atom is -0.467 e. The topological polar surface area (TPSA) is 93.1 Å². The molecule has 1 N–H and O–H groups in total. The quantitative estimate of drug-likeness (QED) is 0.361. The van der Waals surface area contributed by atoms with Crippen molar-refractivity contribution in [3.8, 4) is 0 Å². The van der Waals surface area contributed by atoms with Crippen LogP contribution in [-0.2, 0) is 29.8 Å². The Morgan fingerprint density at radius 1 is 1.25 bits per heavy atom. The van der Waals surface area contributed by atoms with Crippen LogP contribution in [-0.4, -0.2) is 66.6 Å². The molecule has 156 valence electrons. The molecule has 3 atom stereocenters. The van der Waals surface area contributed by atoms with Gasteiger partial charge < -0.3 is 19.3 Å². The van der Waals surface area contributed by atoms with E-state index in [1.54, 1.807) is 6.92 Å². The van der Waals surface area contributed by atoms with Crippen LogP contribution in [0.25, 0.3) is 0 Å². The number of β-amino-alcohol motifs (C(OH)–C–C–N with tert-alkyl or cyclic N) is 1. The third kappa shape index (κ3) is 6.43. The Morgan fingerprint density at radius 3 is 2.61 bits per heavy atom. The van der Waals surface area contributed by atoms with Gasteiger partial charge >= 0.3 is 5.97 Å². The van der Waals surface area contributed by atoms with Crippen molar-refractivity contribution in [1.29, 1.82) is 0 Å². The number of carbonyl (C=O) groups is 2. The summed E-state index contributed by atoms with van der Waals surface area (Å²) in [6.45, 7) is 2.04. The zero-order chi connectivity index (χ0) is 20.6. The number of amides is 1. The van der Waals surface area contributed by atoms with Crippen molar-refractivity contribution in [3.63, 3.8) is 0 Å². The van der Waals surface area contributed by atoms with Crippen molar-refractivity contribution in [2.75, 3.05) is 32.6 Å². The van der Waals surface area contributed by atoms with Gasteiger partial charge in [-0.05, 0) is 31.7 Å². The summed E-state index contributed by atoms with van der Waals surface area (Å²) in [5.74, 6) is -1.01. The fourth-order valence-corrected chi connectivity index (χ4v) is 5.65. The van der Waals surface area contributed by atoms with Crippen molar-refractivity contribution >= 4 is 19.2 Å². The number of ether oxygens (including phenoxy) is 1. The van der Waals surface area contributed by atoms with Gasteiger partial charge in [-0.25, -0.2) is 4.79 Å². The fraction of sp³-hybridized carbons (Fsp3) is 0.600. The van der Waals surface area contributed by atoms with Gasteiger partial charge in [0.2, 0.25) is 13.3 Å². The van der Waals surface area contributed by atoms with Crippen LogP contribution in [0.3, 0.4) is 0 Å². The highest BCUT2D eigenvalue weighted by Crippen LogP contribution is 2.48. The van der Waals surface area contributed by atoms with Crippen molar-refractivity contribution in [2.45, 2.75) is 44.8 Å². The largest absolute Gasteiger partial charge is 0.467 e. The molecule has 0 radical (unpaired) electrons. The van der Waals surface area contributed by atoms with Crippen LogP contribution < -0.4 is 0 Å². The number of hydrogen-bond acceptors (Lipinski definition) is 6. The Bertz CT molecular complexity index is 695. The van der Waals surface area contributed by atoms with E-state index >= 15 is 0 Å². The normalized spacial score (nSPS) is 21.3. The molecule has 1 fully saturated rings. The Hall–Kier alpha value is -1.69. The molecule has 2 rings (SSSR count). The van der Waals surface area contributed by atoms with Crippen LogP contribution in [0.4, 0.5) is 0 Å². The van der Waals surface area contributed by atoms with Gasteiger partial charge in [0.05, 0.1) is 19.8 Å². The van der Waals surface area contributed by atoms with E-state index in [9.17, 15) is 19.3 Å². The number of nitrogens with zero attached hydrogens (tertiary/aromatic N) is 1. The average Bonchev–Trinajstić information content (AvgIpc) is 3.07. The summed E-state index contributed by atoms with van der Waals surface area (Å²) in [6.07, 6.45) is 1.82. The Labute approximate surface area is 166 Å². The highest BCUT2D eigenvalue weighted by Gasteiger charge is 2.41. The van der Waals surface area contributed by atoms with Crippen molar-refractivity contribution in [1.82, 2.24) is 4.90 Å². The van der Waals surface area contributed by atoms with Gasteiger partial charge in [-0.1, -0.05) is 30.3 Å². The second-order valence-electron chi connectivity index (χ2n) is 7.03. The van der Waals surface area contributed by atoms with E-state index in [1.165, 1.54) is 17.6 Å². The molecule has 1 aliphatic heterocycles. The Balaban J connectivity index is 1.93. The summed E-state index contributed by atoms with van der Waals surface area (Å²) < 4.78 is 23.4. The monoisotopic (exact) mass is 411 g/mol. The number of likely N-dealkylation sites (tertiary alicyclic amines) is 1. The molecular formula is C20H30NO6P. The molecule has 1 saturated heterocycles. The first kappa shape index (κ1) is 22.6. The fourth-order valence-electron chi connectivity index (χ4n) is 3.50. The average molecular weight is 411 g/mol. The molecule has 0 bridgehead atoms. The number of unbranched alkanes of at least 4 members (excludes halogenated alkanes) is 1. The number of hydrogen-bond donors (Lipinski definition) is 1. The third-order valence-electron chi connectivity index (χ3n) is 4.87. The van der Waals surface area contributed by atoms with Gasteiger partial charge in [-0.15, -0.1) is 0 Å². The number of aliphatic hydroxyl groups excluding tert-OH is 1. The second-order valence-corrected chi connectivity index (χ2v) is 9.68. The highest BCUT2D eigenvalue weighted by molar-refractivity contribution is 7.59. The number of rotatable bonds is 10. The molecule has 1 aromatic rings. The summed E-state index contributed by atoms with van der Waals surface area (Å²) in [4.78, 5) is 25.9. The lowest BCUT2D eigenvalue weighted by molar-refractivity contribution is -0.150. The predicted molar refractivity (Wildman–Crippen MR) is 106 cm³/mol. The summed E-state index contributed by atoms with van der Waals surface area (Å²) in [6, 6.07) is 9.22. The van der Waals surface area contributed by atoms with E-state index in [2.05, 4.69) is 12.1 Å². The first-order valence-electron chi connectivity index (χ1n) is 9.70. The lowest BCUT2D eigenvalue weighted by Gasteiger charge is -2.25. The number of esters is 1. The molecule has 8 heteroatoms. The number of methoxy groups -OCH3 is 1. The van der Waals surface area contributed by atoms with E-state index in [0.29, 0.717) is 12.6 Å². The van der Waals surface area contributed by atoms with Gasteiger partial charge in [-0.3, -0.25) is 9.36 Å². The molecular weight excluding hydrogens is 381 g/mol. The van der Waals surface area contributed by atoms with Gasteiger partial charge in [0.15, 0.2) is 0 Å². The number of aliphatic hydroxyl groups is 1. The van der Waals surface area contributed by atoms with Gasteiger partial charge in [-0.2, -0.15) is 0 Å². The number of benzene rings is 1. The second kappa shape index (κ2) is 10.7. The summed E-state index contributed by atoms with van der Waals surface area (Å²) in [7, 11) is -1.92. The zero-order valence-corrected chi connectivity index (χ0v) is 17.5. The van der Waals surface area contributed by atoms with E-state index in [0.717, 1.165) is 12.8 Å². The van der Waals surface area contributed by atoms with Crippen LogP contribution in [0.15, 0.2) is 30.3 Å². The predicted octanol–water partition coefficient (Wildman–Crippen LogP) is 2.46. The van der Waals surface area contributed by atoms with Crippen molar-refractivity contribution in [2.24, 2.45) is 0 Å². The standard InChI is InChI=1S/C20H30NO6P/c1-3-27-28(25,12-8-7-11-16-9-5-4-6-10-16)15-19(23)21-14-17(22)13-18(21)20(24)26-2/h4-6,9-10,17-18,22H,3,7-8,11-15H2,1-2H3/t17?,18-,28?/m0/s1. The van der Waals surface area contributed by atoms with E-state index in [4.69, 9.17) is 9.26 Å². The first-order chi connectivity index (χ1) is 13.4. The van der Waals surface area contributed by atoms with E-state index in [1.807, 2.05) is 18.2 Å². The molecule has 1 aromatic carbocycles. The molecule has 2 unspecified atom stereocenters. The molecule has 28 heavy (non-hydrogen) atoms. The molecule has 0 aromatic heterocycles. The summed E-state index contributed by atoms with van der Waals surface area (Å²) in [5.41, 5.74) is 1.22. The van der Waals surface area contributed by atoms with Crippen LogP contribution in [0.1, 0.15) is 31.7 Å². The summed E-state index contributed by atoms with van der Waals surface area (Å²) >= 11 is 0. The maximum Gasteiger partial charge on any atom is 0.328 e. The molecule has 1 amide bonds. The smallest absolute Gasteiger partial charge is 0.328 e.